The molecule has 0 aromatic heterocycles. The first-order chi connectivity index (χ1) is 4.91. The molecule has 1 heterocycles. The van der Waals surface area contributed by atoms with Gasteiger partial charge in [-0.3, -0.25) is 0 Å². The maximum Gasteiger partial charge on any atom is 0.0701 e. The van der Waals surface area contributed by atoms with Gasteiger partial charge in [-0.1, -0.05) is 46.0 Å². The molecule has 0 radical (unpaired) electrons. The fourth-order valence-electron chi connectivity index (χ4n) is 0.677. The highest BCUT2D eigenvalue weighted by Gasteiger charge is 1.94. The first-order valence-electron chi connectivity index (χ1n) is 4.49. The van der Waals surface area contributed by atoms with Crippen LogP contribution in [0.2, 0.25) is 0 Å². The van der Waals surface area contributed by atoms with Crippen molar-refractivity contribution >= 4 is 0 Å². The molecule has 1 aliphatic heterocycles. The topological polar surface area (TPSA) is 12.5 Å². The van der Waals surface area contributed by atoms with Gasteiger partial charge in [-0.25, -0.2) is 0 Å². The van der Waals surface area contributed by atoms with Crippen molar-refractivity contribution in [3.05, 3.63) is 0 Å². The standard InChI is InChI=1S/C7H16.C2H4O/c1-3-5-7-6-4-2;1-2-3-1/h3-7H2,1-2H3;1-2H2. The summed E-state index contributed by atoms with van der Waals surface area (Å²) in [5.41, 5.74) is 0. The lowest BCUT2D eigenvalue weighted by Crippen LogP contribution is -1.70. The molecule has 0 N–H and O–H groups in total. The van der Waals surface area contributed by atoms with Gasteiger partial charge in [0.2, 0.25) is 0 Å². The number of rotatable bonds is 4. The minimum atomic E-state index is 1.00. The Bertz CT molecular complexity index is 43.9. The van der Waals surface area contributed by atoms with Gasteiger partial charge < -0.3 is 4.74 Å². The van der Waals surface area contributed by atoms with E-state index < -0.39 is 0 Å². The maximum atomic E-state index is 4.50. The fourth-order valence-corrected chi connectivity index (χ4v) is 0.677. The van der Waals surface area contributed by atoms with Crippen molar-refractivity contribution in [3.8, 4) is 0 Å². The number of ether oxygens (including phenoxy) is 1. The number of hydrogen-bond acceptors (Lipinski definition) is 1. The lowest BCUT2D eigenvalue weighted by molar-refractivity contribution is 0.475. The summed E-state index contributed by atoms with van der Waals surface area (Å²) in [5.74, 6) is 0. The molecule has 10 heavy (non-hydrogen) atoms. The summed E-state index contributed by atoms with van der Waals surface area (Å²) in [6.07, 6.45) is 7.01. The van der Waals surface area contributed by atoms with E-state index in [2.05, 4.69) is 18.6 Å². The van der Waals surface area contributed by atoms with E-state index in [9.17, 15) is 0 Å². The van der Waals surface area contributed by atoms with Crippen LogP contribution >= 0.6 is 0 Å². The van der Waals surface area contributed by atoms with E-state index >= 15 is 0 Å². The SMILES string of the molecule is C1CO1.CCCCCCC. The van der Waals surface area contributed by atoms with Crippen LogP contribution in [0.15, 0.2) is 0 Å². The van der Waals surface area contributed by atoms with E-state index in [1.807, 2.05) is 0 Å². The second-order valence-electron chi connectivity index (χ2n) is 2.67. The minimum Gasteiger partial charge on any atom is -0.377 e. The summed E-state index contributed by atoms with van der Waals surface area (Å²) in [7, 11) is 0. The highest BCUT2D eigenvalue weighted by Crippen LogP contribution is 2.00. The molecule has 1 fully saturated rings. The molecule has 1 nitrogen and oxygen atoms in total. The molecule has 0 bridgehead atoms. The summed E-state index contributed by atoms with van der Waals surface area (Å²) in [4.78, 5) is 0. The Morgan fingerprint density at radius 1 is 0.900 bits per heavy atom. The molecule has 1 saturated heterocycles. The molecule has 62 valence electrons. The van der Waals surface area contributed by atoms with Crippen LogP contribution in [0, 0.1) is 0 Å². The van der Waals surface area contributed by atoms with Crippen molar-refractivity contribution in [1.82, 2.24) is 0 Å². The highest BCUT2D eigenvalue weighted by atomic mass is 16.6. The van der Waals surface area contributed by atoms with E-state index in [-0.39, 0.29) is 0 Å². The normalized spacial score (nSPS) is 13.8. The van der Waals surface area contributed by atoms with Crippen LogP contribution in [-0.2, 0) is 4.74 Å². The van der Waals surface area contributed by atoms with Crippen molar-refractivity contribution in [2.24, 2.45) is 0 Å². The molecule has 0 unspecified atom stereocenters. The van der Waals surface area contributed by atoms with E-state index in [0.29, 0.717) is 0 Å². The van der Waals surface area contributed by atoms with Crippen LogP contribution < -0.4 is 0 Å². The Hall–Kier alpha value is -0.0400. The average Bonchev–Trinajstić information content (AvgIpc) is 2.73. The van der Waals surface area contributed by atoms with Gasteiger partial charge in [0.15, 0.2) is 0 Å². The van der Waals surface area contributed by atoms with Crippen molar-refractivity contribution in [2.45, 2.75) is 46.0 Å². The van der Waals surface area contributed by atoms with Gasteiger partial charge in [0.1, 0.15) is 0 Å². The third kappa shape index (κ3) is 15.7. The molecular formula is C9H20O. The predicted molar refractivity (Wildman–Crippen MR) is 45.3 cm³/mol. The number of unbranched alkanes of at least 4 members (excludes halogenated alkanes) is 4. The van der Waals surface area contributed by atoms with Crippen LogP contribution in [0.25, 0.3) is 0 Å². The van der Waals surface area contributed by atoms with Crippen molar-refractivity contribution in [3.63, 3.8) is 0 Å². The summed E-state index contributed by atoms with van der Waals surface area (Å²) in [6, 6.07) is 0. The molecule has 0 aromatic rings. The molecule has 1 heteroatoms. The van der Waals surface area contributed by atoms with Gasteiger partial charge >= 0.3 is 0 Å². The van der Waals surface area contributed by atoms with Gasteiger partial charge in [0.05, 0.1) is 13.2 Å². The molecule has 0 saturated carbocycles. The summed E-state index contributed by atoms with van der Waals surface area (Å²) in [6.45, 7) is 6.49. The first-order valence-corrected chi connectivity index (χ1v) is 4.49. The summed E-state index contributed by atoms with van der Waals surface area (Å²) >= 11 is 0. The van der Waals surface area contributed by atoms with Gasteiger partial charge in [-0.15, -0.1) is 0 Å². The van der Waals surface area contributed by atoms with Crippen molar-refractivity contribution in [2.75, 3.05) is 13.2 Å². The van der Waals surface area contributed by atoms with Crippen LogP contribution in [-0.4, -0.2) is 13.2 Å². The third-order valence-electron chi connectivity index (χ3n) is 1.41. The molecular weight excluding hydrogens is 124 g/mol. The van der Waals surface area contributed by atoms with E-state index in [1.165, 1.54) is 32.1 Å². The molecule has 1 aliphatic rings. The van der Waals surface area contributed by atoms with E-state index in [4.69, 9.17) is 0 Å². The Labute approximate surface area is 64.8 Å². The molecule has 0 atom stereocenters. The van der Waals surface area contributed by atoms with Gasteiger partial charge in [0, 0.05) is 0 Å². The number of hydrogen-bond donors (Lipinski definition) is 0. The summed E-state index contributed by atoms with van der Waals surface area (Å²) in [5, 5.41) is 0. The van der Waals surface area contributed by atoms with Crippen molar-refractivity contribution in [1.29, 1.82) is 0 Å². The Balaban J connectivity index is 0.000000219. The molecule has 0 aromatic carbocycles. The Kier molecular flexibility index (Phi) is 8.92. The van der Waals surface area contributed by atoms with E-state index in [0.717, 1.165) is 13.2 Å². The highest BCUT2D eigenvalue weighted by molar-refractivity contribution is 4.36. The van der Waals surface area contributed by atoms with E-state index in [1.54, 1.807) is 0 Å². The summed E-state index contributed by atoms with van der Waals surface area (Å²) < 4.78 is 4.50. The Morgan fingerprint density at radius 3 is 1.50 bits per heavy atom. The zero-order valence-electron chi connectivity index (χ0n) is 7.36. The quantitative estimate of drug-likeness (QED) is 0.436. The molecule has 0 aliphatic carbocycles. The van der Waals surface area contributed by atoms with Gasteiger partial charge in [-0.05, 0) is 0 Å². The monoisotopic (exact) mass is 144 g/mol. The zero-order chi connectivity index (χ0) is 7.66. The van der Waals surface area contributed by atoms with Gasteiger partial charge in [-0.2, -0.15) is 0 Å². The first kappa shape index (κ1) is 9.96. The second-order valence-corrected chi connectivity index (χ2v) is 2.67. The largest absolute Gasteiger partial charge is 0.377 e. The smallest absolute Gasteiger partial charge is 0.0701 e. The van der Waals surface area contributed by atoms with Crippen LogP contribution in [0.1, 0.15) is 46.0 Å². The third-order valence-corrected chi connectivity index (χ3v) is 1.41. The lowest BCUT2D eigenvalue weighted by atomic mass is 10.2. The molecule has 0 amide bonds. The van der Waals surface area contributed by atoms with Crippen LogP contribution in [0.4, 0.5) is 0 Å². The Morgan fingerprint density at radius 2 is 1.30 bits per heavy atom. The fraction of sp³-hybridized carbons (Fsp3) is 1.00. The zero-order valence-corrected chi connectivity index (χ0v) is 7.36. The van der Waals surface area contributed by atoms with Crippen LogP contribution in [0.3, 0.4) is 0 Å². The van der Waals surface area contributed by atoms with Gasteiger partial charge in [0.25, 0.3) is 0 Å². The average molecular weight is 144 g/mol. The molecule has 1 rings (SSSR count). The van der Waals surface area contributed by atoms with Crippen molar-refractivity contribution < 1.29 is 4.74 Å². The van der Waals surface area contributed by atoms with Crippen LogP contribution in [0.5, 0.6) is 0 Å². The predicted octanol–water partition coefficient (Wildman–Crippen LogP) is 2.99. The maximum absolute atomic E-state index is 4.50. The lowest BCUT2D eigenvalue weighted by Gasteiger charge is -1.90. The molecule has 0 spiro atoms. The second kappa shape index (κ2) is 8.96. The minimum absolute atomic E-state index is 1.00. The number of epoxide rings is 1.